The van der Waals surface area contributed by atoms with Crippen molar-refractivity contribution in [2.24, 2.45) is 11.0 Å². The lowest BCUT2D eigenvalue weighted by Gasteiger charge is -2.19. The lowest BCUT2D eigenvalue weighted by molar-refractivity contribution is -0.123. The smallest absolute Gasteiger partial charge is 0.262 e. The number of amides is 2. The highest BCUT2D eigenvalue weighted by atomic mass is 35.5. The Morgan fingerprint density at radius 1 is 0.897 bits per heavy atom. The van der Waals surface area contributed by atoms with E-state index in [1.165, 1.54) is 0 Å². The van der Waals surface area contributed by atoms with Gasteiger partial charge in [0.15, 0.2) is 0 Å². The van der Waals surface area contributed by atoms with Gasteiger partial charge in [-0.25, -0.2) is 5.43 Å². The molecule has 4 aromatic rings. The van der Waals surface area contributed by atoms with Crippen molar-refractivity contribution in [1.29, 1.82) is 0 Å². The predicted octanol–water partition coefficient (Wildman–Crippen LogP) is 7.02. The molecule has 0 aromatic heterocycles. The summed E-state index contributed by atoms with van der Waals surface area (Å²) in [6.45, 7) is 4.31. The second kappa shape index (κ2) is 13.3. The number of hydrogen-bond acceptors (Lipinski definition) is 4. The number of rotatable bonds is 10. The molecule has 0 fully saturated rings. The van der Waals surface area contributed by atoms with Crippen LogP contribution < -0.4 is 15.5 Å². The van der Waals surface area contributed by atoms with Crippen molar-refractivity contribution < 1.29 is 14.3 Å². The van der Waals surface area contributed by atoms with Gasteiger partial charge in [-0.2, -0.15) is 5.10 Å². The van der Waals surface area contributed by atoms with Crippen LogP contribution in [-0.4, -0.2) is 24.1 Å². The van der Waals surface area contributed by atoms with Gasteiger partial charge in [0.1, 0.15) is 18.4 Å². The van der Waals surface area contributed by atoms with E-state index in [0.717, 1.165) is 21.9 Å². The van der Waals surface area contributed by atoms with E-state index < -0.39 is 11.9 Å². The van der Waals surface area contributed by atoms with Gasteiger partial charge in [0.05, 0.1) is 6.21 Å². The van der Waals surface area contributed by atoms with Gasteiger partial charge in [0.2, 0.25) is 0 Å². The zero-order chi connectivity index (χ0) is 27.8. The van der Waals surface area contributed by atoms with Crippen LogP contribution in [0.1, 0.15) is 41.8 Å². The van der Waals surface area contributed by atoms with Crippen molar-refractivity contribution in [1.82, 2.24) is 10.7 Å². The Kier molecular flexibility index (Phi) is 9.58. The number of nitrogens with zero attached hydrogens (tertiary/aromatic N) is 1. The minimum Gasteiger partial charge on any atom is -0.488 e. The summed E-state index contributed by atoms with van der Waals surface area (Å²) in [4.78, 5) is 25.8. The Labute approximate surface area is 238 Å². The summed E-state index contributed by atoms with van der Waals surface area (Å²) in [5.41, 5.74) is 4.72. The Bertz CT molecular complexity index is 1470. The SMILES string of the molecule is CC(C)CC(NC(=O)c1ccc(Cl)cc1)C(=O)NN=Cc1c(OCc2ccc(Cl)cc2)ccc2ccccc12. The maximum absolute atomic E-state index is 13.1. The Balaban J connectivity index is 1.51. The van der Waals surface area contributed by atoms with Crippen LogP contribution in [0.4, 0.5) is 0 Å². The van der Waals surface area contributed by atoms with Gasteiger partial charge >= 0.3 is 0 Å². The molecule has 0 heterocycles. The Morgan fingerprint density at radius 2 is 1.56 bits per heavy atom. The van der Waals surface area contributed by atoms with E-state index in [1.807, 2.05) is 74.5 Å². The highest BCUT2D eigenvalue weighted by Crippen LogP contribution is 2.27. The molecule has 0 bridgehead atoms. The molecule has 2 amide bonds. The number of halogens is 2. The second-order valence-corrected chi connectivity index (χ2v) is 10.4. The molecular formula is C31H29Cl2N3O3. The molecule has 0 spiro atoms. The number of carbonyl (C=O) groups excluding carboxylic acids is 2. The van der Waals surface area contributed by atoms with Crippen LogP contribution in [0.25, 0.3) is 10.8 Å². The number of ether oxygens (including phenoxy) is 1. The molecule has 1 atom stereocenters. The number of nitrogens with one attached hydrogen (secondary N) is 2. The van der Waals surface area contributed by atoms with Crippen LogP contribution in [0, 0.1) is 5.92 Å². The molecule has 4 rings (SSSR count). The topological polar surface area (TPSA) is 79.8 Å². The standard InChI is InChI=1S/C31H29Cl2N3O3/c1-20(2)17-28(35-30(37)23-9-14-25(33)15-10-23)31(38)36-34-18-27-26-6-4-3-5-22(26)11-16-29(27)39-19-21-7-12-24(32)13-8-21/h3-16,18,20,28H,17,19H2,1-2H3,(H,35,37)(H,36,38). The van der Waals surface area contributed by atoms with Crippen molar-refractivity contribution in [2.75, 3.05) is 0 Å². The summed E-state index contributed by atoms with van der Waals surface area (Å²) in [7, 11) is 0. The summed E-state index contributed by atoms with van der Waals surface area (Å²) in [5, 5.41) is 10.2. The fraction of sp³-hybridized carbons (Fsp3) is 0.194. The van der Waals surface area contributed by atoms with E-state index in [1.54, 1.807) is 30.5 Å². The average Bonchev–Trinajstić information content (AvgIpc) is 2.93. The second-order valence-electron chi connectivity index (χ2n) is 9.51. The summed E-state index contributed by atoms with van der Waals surface area (Å²) in [6, 6.07) is 24.9. The van der Waals surface area contributed by atoms with Crippen molar-refractivity contribution in [2.45, 2.75) is 32.9 Å². The molecule has 2 N–H and O–H groups in total. The molecule has 0 aliphatic heterocycles. The molecule has 4 aromatic carbocycles. The number of benzene rings is 4. The van der Waals surface area contributed by atoms with Crippen molar-refractivity contribution in [3.63, 3.8) is 0 Å². The zero-order valence-corrected chi connectivity index (χ0v) is 23.2. The first-order chi connectivity index (χ1) is 18.8. The van der Waals surface area contributed by atoms with E-state index in [4.69, 9.17) is 27.9 Å². The molecule has 0 aliphatic rings. The third-order valence-corrected chi connectivity index (χ3v) is 6.55. The van der Waals surface area contributed by atoms with Crippen LogP contribution >= 0.6 is 23.2 Å². The molecule has 0 saturated carbocycles. The first kappa shape index (κ1) is 28.1. The average molecular weight is 562 g/mol. The molecule has 0 aliphatic carbocycles. The highest BCUT2D eigenvalue weighted by molar-refractivity contribution is 6.30. The normalized spacial score (nSPS) is 12.0. The summed E-state index contributed by atoms with van der Waals surface area (Å²) in [6.07, 6.45) is 2.02. The first-order valence-corrected chi connectivity index (χ1v) is 13.3. The first-order valence-electron chi connectivity index (χ1n) is 12.6. The number of hydrogen-bond donors (Lipinski definition) is 2. The monoisotopic (exact) mass is 561 g/mol. The number of fused-ring (bicyclic) bond motifs is 1. The van der Waals surface area contributed by atoms with Gasteiger partial charge in [0, 0.05) is 21.2 Å². The maximum atomic E-state index is 13.1. The fourth-order valence-corrected chi connectivity index (χ4v) is 4.31. The van der Waals surface area contributed by atoms with E-state index in [9.17, 15) is 9.59 Å². The molecule has 39 heavy (non-hydrogen) atoms. The molecule has 8 heteroatoms. The van der Waals surface area contributed by atoms with E-state index in [-0.39, 0.29) is 11.8 Å². The lowest BCUT2D eigenvalue weighted by atomic mass is 10.0. The summed E-state index contributed by atoms with van der Waals surface area (Å²) < 4.78 is 6.13. The van der Waals surface area contributed by atoms with E-state index >= 15 is 0 Å². The zero-order valence-electron chi connectivity index (χ0n) is 21.7. The number of carbonyl (C=O) groups is 2. The largest absolute Gasteiger partial charge is 0.488 e. The highest BCUT2D eigenvalue weighted by Gasteiger charge is 2.22. The minimum absolute atomic E-state index is 0.168. The van der Waals surface area contributed by atoms with Crippen LogP contribution in [0.2, 0.25) is 10.0 Å². The molecule has 200 valence electrons. The van der Waals surface area contributed by atoms with Gasteiger partial charge in [-0.15, -0.1) is 0 Å². The number of hydrazone groups is 1. The Hall–Kier alpha value is -3.87. The van der Waals surface area contributed by atoms with Crippen LogP contribution in [-0.2, 0) is 11.4 Å². The third kappa shape index (κ3) is 7.82. The molecule has 0 saturated heterocycles. The van der Waals surface area contributed by atoms with Gasteiger partial charge in [-0.3, -0.25) is 9.59 Å². The lowest BCUT2D eigenvalue weighted by Crippen LogP contribution is -2.46. The van der Waals surface area contributed by atoms with Gasteiger partial charge in [0.25, 0.3) is 11.8 Å². The third-order valence-electron chi connectivity index (χ3n) is 6.04. The van der Waals surface area contributed by atoms with Crippen molar-refractivity contribution >= 4 is 52.0 Å². The minimum atomic E-state index is -0.765. The summed E-state index contributed by atoms with van der Waals surface area (Å²) >= 11 is 11.9. The van der Waals surface area contributed by atoms with Gasteiger partial charge in [-0.05, 0) is 71.1 Å². The van der Waals surface area contributed by atoms with Gasteiger partial charge < -0.3 is 10.1 Å². The molecule has 6 nitrogen and oxygen atoms in total. The van der Waals surface area contributed by atoms with Crippen molar-refractivity contribution in [3.05, 3.63) is 112 Å². The van der Waals surface area contributed by atoms with E-state index in [0.29, 0.717) is 34.4 Å². The maximum Gasteiger partial charge on any atom is 0.262 e. The quantitative estimate of drug-likeness (QED) is 0.161. The molecular weight excluding hydrogens is 533 g/mol. The molecule has 1 unspecified atom stereocenters. The van der Waals surface area contributed by atoms with Gasteiger partial charge in [-0.1, -0.05) is 79.5 Å². The van der Waals surface area contributed by atoms with E-state index in [2.05, 4.69) is 15.8 Å². The fourth-order valence-electron chi connectivity index (χ4n) is 4.06. The van der Waals surface area contributed by atoms with Crippen LogP contribution in [0.3, 0.4) is 0 Å². The predicted molar refractivity (Wildman–Crippen MR) is 158 cm³/mol. The Morgan fingerprint density at radius 3 is 2.26 bits per heavy atom. The summed E-state index contributed by atoms with van der Waals surface area (Å²) in [5.74, 6) is 0.0205. The van der Waals surface area contributed by atoms with Crippen LogP contribution in [0.5, 0.6) is 5.75 Å². The van der Waals surface area contributed by atoms with Crippen molar-refractivity contribution in [3.8, 4) is 5.75 Å². The molecule has 0 radical (unpaired) electrons. The van der Waals surface area contributed by atoms with Crippen LogP contribution in [0.15, 0.2) is 90.0 Å².